The molecule has 0 bridgehead atoms. The second kappa shape index (κ2) is 3.86. The van der Waals surface area contributed by atoms with E-state index in [1.54, 1.807) is 29.9 Å². The molecule has 0 radical (unpaired) electrons. The van der Waals surface area contributed by atoms with Crippen LogP contribution in [0.25, 0.3) is 22.2 Å². The molecule has 3 aromatic rings. The van der Waals surface area contributed by atoms with Crippen LogP contribution in [0.5, 0.6) is 0 Å². The van der Waals surface area contributed by atoms with Crippen LogP contribution in [0, 0.1) is 0 Å². The van der Waals surface area contributed by atoms with Crippen LogP contribution in [0.1, 0.15) is 0 Å². The maximum absolute atomic E-state index is 4.29. The van der Waals surface area contributed by atoms with Crippen molar-refractivity contribution in [3.8, 4) is 22.2 Å². The minimum Gasteiger partial charge on any atom is -0.335 e. The van der Waals surface area contributed by atoms with Crippen LogP contribution >= 0.6 is 11.3 Å². The number of hydrogen-bond acceptors (Lipinski definition) is 4. The van der Waals surface area contributed by atoms with Crippen molar-refractivity contribution >= 4 is 11.3 Å². The Morgan fingerprint density at radius 2 is 2.06 bits per heavy atom. The first-order chi connectivity index (χ1) is 7.93. The highest BCUT2D eigenvalue weighted by atomic mass is 32.1. The van der Waals surface area contributed by atoms with Crippen LogP contribution in [0.15, 0.2) is 42.2 Å². The molecule has 3 rings (SSSR count). The van der Waals surface area contributed by atoms with Crippen LogP contribution in [0.4, 0.5) is 0 Å². The highest BCUT2D eigenvalue weighted by Gasteiger charge is 2.07. The van der Waals surface area contributed by atoms with E-state index in [4.69, 9.17) is 0 Å². The van der Waals surface area contributed by atoms with Crippen molar-refractivity contribution in [1.29, 1.82) is 0 Å². The molecule has 0 spiro atoms. The summed E-state index contributed by atoms with van der Waals surface area (Å²) in [7, 11) is 0. The average Bonchev–Trinajstić information content (AvgIpc) is 3.01. The zero-order valence-electron chi connectivity index (χ0n) is 8.29. The van der Waals surface area contributed by atoms with E-state index in [-0.39, 0.29) is 0 Å². The molecule has 0 aromatic carbocycles. The van der Waals surface area contributed by atoms with Crippen LogP contribution in [0.3, 0.4) is 0 Å². The molecular weight excluding hydrogens is 220 g/mol. The van der Waals surface area contributed by atoms with Gasteiger partial charge in [0.25, 0.3) is 0 Å². The van der Waals surface area contributed by atoms with Crippen molar-refractivity contribution < 1.29 is 0 Å². The van der Waals surface area contributed by atoms with E-state index >= 15 is 0 Å². The van der Waals surface area contributed by atoms with Crippen molar-refractivity contribution in [2.75, 3.05) is 0 Å². The number of aromatic amines is 1. The van der Waals surface area contributed by atoms with E-state index in [1.165, 1.54) is 0 Å². The van der Waals surface area contributed by atoms with E-state index in [9.17, 15) is 0 Å². The fraction of sp³-hybridized carbons (Fsp3) is 0. The van der Waals surface area contributed by atoms with Crippen molar-refractivity contribution in [3.63, 3.8) is 0 Å². The Balaban J connectivity index is 2.00. The summed E-state index contributed by atoms with van der Waals surface area (Å²) < 4.78 is 0. The summed E-state index contributed by atoms with van der Waals surface area (Å²) in [6.07, 6.45) is 5.31. The third-order valence-electron chi connectivity index (χ3n) is 2.15. The Labute approximate surface area is 96.1 Å². The van der Waals surface area contributed by atoms with E-state index in [0.717, 1.165) is 22.2 Å². The highest BCUT2D eigenvalue weighted by Crippen LogP contribution is 2.21. The molecule has 0 aliphatic carbocycles. The summed E-state index contributed by atoms with van der Waals surface area (Å²) in [5.41, 5.74) is 1.80. The average molecular weight is 228 g/mol. The predicted molar refractivity (Wildman–Crippen MR) is 62.9 cm³/mol. The maximum Gasteiger partial charge on any atom is 0.167 e. The monoisotopic (exact) mass is 228 g/mol. The number of imidazole rings is 1. The molecule has 3 aromatic heterocycles. The van der Waals surface area contributed by atoms with Crippen LogP contribution < -0.4 is 0 Å². The third kappa shape index (κ3) is 1.61. The van der Waals surface area contributed by atoms with Gasteiger partial charge in [-0.3, -0.25) is 4.98 Å². The van der Waals surface area contributed by atoms with Gasteiger partial charge in [-0.2, -0.15) is 0 Å². The van der Waals surface area contributed by atoms with E-state index in [0.29, 0.717) is 0 Å². The molecule has 4 nitrogen and oxygen atoms in total. The molecule has 5 heteroatoms. The van der Waals surface area contributed by atoms with Crippen molar-refractivity contribution in [1.82, 2.24) is 19.9 Å². The van der Waals surface area contributed by atoms with Crippen molar-refractivity contribution in [2.24, 2.45) is 0 Å². The molecule has 3 heterocycles. The lowest BCUT2D eigenvalue weighted by Gasteiger charge is -1.93. The summed E-state index contributed by atoms with van der Waals surface area (Å²) in [6, 6.07) is 5.78. The maximum atomic E-state index is 4.29. The molecule has 0 unspecified atom stereocenters. The van der Waals surface area contributed by atoms with E-state index in [1.807, 2.05) is 23.6 Å². The number of aromatic nitrogens is 4. The van der Waals surface area contributed by atoms with Gasteiger partial charge in [0.15, 0.2) is 10.8 Å². The topological polar surface area (TPSA) is 54.5 Å². The first-order valence-electron chi connectivity index (χ1n) is 4.80. The van der Waals surface area contributed by atoms with Crippen LogP contribution in [-0.4, -0.2) is 19.9 Å². The normalized spacial score (nSPS) is 10.5. The summed E-state index contributed by atoms with van der Waals surface area (Å²) in [5.74, 6) is 0.788. The van der Waals surface area contributed by atoms with Gasteiger partial charge in [0.05, 0.1) is 17.6 Å². The van der Waals surface area contributed by atoms with Crippen LogP contribution in [-0.2, 0) is 0 Å². The van der Waals surface area contributed by atoms with Gasteiger partial charge in [0, 0.05) is 17.8 Å². The zero-order valence-corrected chi connectivity index (χ0v) is 9.11. The summed E-state index contributed by atoms with van der Waals surface area (Å²) in [6.45, 7) is 0. The fourth-order valence-electron chi connectivity index (χ4n) is 1.42. The number of nitrogens with zero attached hydrogens (tertiary/aromatic N) is 3. The van der Waals surface area contributed by atoms with Gasteiger partial charge < -0.3 is 4.98 Å². The number of nitrogens with one attached hydrogen (secondary N) is 1. The van der Waals surface area contributed by atoms with Gasteiger partial charge in [0.2, 0.25) is 0 Å². The van der Waals surface area contributed by atoms with Gasteiger partial charge >= 0.3 is 0 Å². The molecule has 78 valence electrons. The van der Waals surface area contributed by atoms with Crippen molar-refractivity contribution in [3.05, 3.63) is 42.2 Å². The Morgan fingerprint density at radius 3 is 2.81 bits per heavy atom. The molecule has 0 fully saturated rings. The first kappa shape index (κ1) is 9.23. The van der Waals surface area contributed by atoms with E-state index < -0.39 is 0 Å². The molecule has 0 atom stereocenters. The number of H-pyrrole nitrogens is 1. The number of thiazole rings is 1. The SMILES string of the molecule is c1ccc(-c2cnc(-c3nccs3)[nH]2)nc1. The summed E-state index contributed by atoms with van der Waals surface area (Å²) >= 11 is 1.56. The Hall–Kier alpha value is -2.01. The lowest BCUT2D eigenvalue weighted by Crippen LogP contribution is -1.82. The standard InChI is InChI=1S/C11H8N4S/c1-2-4-12-8(3-1)9-7-14-10(15-9)11-13-5-6-16-11/h1-7H,(H,14,15). The molecule has 0 saturated carbocycles. The lowest BCUT2D eigenvalue weighted by atomic mass is 10.3. The van der Waals surface area contributed by atoms with Gasteiger partial charge in [-0.1, -0.05) is 6.07 Å². The minimum absolute atomic E-state index is 0.788. The number of pyridine rings is 1. The minimum atomic E-state index is 0.788. The lowest BCUT2D eigenvalue weighted by molar-refractivity contribution is 1.25. The number of rotatable bonds is 2. The fourth-order valence-corrected chi connectivity index (χ4v) is 2.01. The molecule has 16 heavy (non-hydrogen) atoms. The molecule has 0 amide bonds. The van der Waals surface area contributed by atoms with Gasteiger partial charge in [-0.25, -0.2) is 9.97 Å². The van der Waals surface area contributed by atoms with Crippen molar-refractivity contribution in [2.45, 2.75) is 0 Å². The Kier molecular flexibility index (Phi) is 2.23. The van der Waals surface area contributed by atoms with Gasteiger partial charge in [-0.15, -0.1) is 11.3 Å². The molecule has 0 aliphatic rings. The molecule has 1 N–H and O–H groups in total. The molecular formula is C11H8N4S. The highest BCUT2D eigenvalue weighted by molar-refractivity contribution is 7.13. The smallest absolute Gasteiger partial charge is 0.167 e. The second-order valence-corrected chi connectivity index (χ2v) is 4.09. The predicted octanol–water partition coefficient (Wildman–Crippen LogP) is 2.60. The quantitative estimate of drug-likeness (QED) is 0.733. The van der Waals surface area contributed by atoms with E-state index in [2.05, 4.69) is 19.9 Å². The summed E-state index contributed by atoms with van der Waals surface area (Å²) in [4.78, 5) is 15.9. The Bertz CT molecular complexity index is 571. The first-order valence-corrected chi connectivity index (χ1v) is 5.68. The van der Waals surface area contributed by atoms with Gasteiger partial charge in [0.1, 0.15) is 0 Å². The third-order valence-corrected chi connectivity index (χ3v) is 2.93. The largest absolute Gasteiger partial charge is 0.335 e. The van der Waals surface area contributed by atoms with Gasteiger partial charge in [-0.05, 0) is 12.1 Å². The Morgan fingerprint density at radius 1 is 1.06 bits per heavy atom. The van der Waals surface area contributed by atoms with Crippen LogP contribution in [0.2, 0.25) is 0 Å². The molecule has 0 aliphatic heterocycles. The number of hydrogen-bond donors (Lipinski definition) is 1. The zero-order chi connectivity index (χ0) is 10.8. The molecule has 0 saturated heterocycles. The second-order valence-electron chi connectivity index (χ2n) is 3.20. The summed E-state index contributed by atoms with van der Waals surface area (Å²) in [5, 5.41) is 2.82.